The van der Waals surface area contributed by atoms with Crippen LogP contribution >= 0.6 is 15.9 Å². The molecule has 0 bridgehead atoms. The Balaban J connectivity index is 2.07. The molecule has 2 heterocycles. The lowest BCUT2D eigenvalue weighted by atomic mass is 9.94. The number of hydrogen-bond donors (Lipinski definition) is 1. The van der Waals surface area contributed by atoms with Crippen LogP contribution in [0.25, 0.3) is 0 Å². The van der Waals surface area contributed by atoms with Crippen molar-refractivity contribution in [2.24, 2.45) is 0 Å². The Morgan fingerprint density at radius 3 is 2.71 bits per heavy atom. The molecule has 3 rings (SSSR count). The number of benzene rings is 1. The number of rotatable bonds is 4. The maximum absolute atomic E-state index is 13.6. The molecule has 28 heavy (non-hydrogen) atoms. The number of halogens is 2. The number of amides is 2. The molecule has 2 aliphatic heterocycles. The third-order valence-electron chi connectivity index (χ3n) is 4.87. The maximum Gasteiger partial charge on any atom is 0.338 e. The molecule has 2 aliphatic rings. The molecular weight excluding hydrogens is 455 g/mol. The average molecular weight is 475 g/mol. The number of carbonyl (C=O) groups excluding carboxylic acids is 2. The zero-order valence-corrected chi connectivity index (χ0v) is 17.8. The standard InChI is InChI=1S/C18H20BrFN2O5S/c1-3-27-17(23)15-10(2)22(12-6-7-28(25,26)9-12)18(24)21-16(15)11-4-5-14(20)13(19)8-11/h4-5,8,12,16H,3,6-7,9H2,1-2H3,(H,21,24). The van der Waals surface area contributed by atoms with Crippen molar-refractivity contribution in [3.63, 3.8) is 0 Å². The van der Waals surface area contributed by atoms with Crippen LogP contribution in [0.2, 0.25) is 0 Å². The number of hydrogen-bond acceptors (Lipinski definition) is 5. The van der Waals surface area contributed by atoms with E-state index in [1.54, 1.807) is 13.8 Å². The summed E-state index contributed by atoms with van der Waals surface area (Å²) in [5.74, 6) is -1.24. The molecule has 1 aromatic rings. The van der Waals surface area contributed by atoms with Crippen molar-refractivity contribution in [2.45, 2.75) is 32.4 Å². The van der Waals surface area contributed by atoms with Crippen molar-refractivity contribution >= 4 is 37.8 Å². The molecule has 2 unspecified atom stereocenters. The van der Waals surface area contributed by atoms with Gasteiger partial charge in [-0.25, -0.2) is 22.4 Å². The van der Waals surface area contributed by atoms with Crippen LogP contribution in [0.5, 0.6) is 0 Å². The fraction of sp³-hybridized carbons (Fsp3) is 0.444. The van der Waals surface area contributed by atoms with Gasteiger partial charge >= 0.3 is 12.0 Å². The quantitative estimate of drug-likeness (QED) is 0.677. The zero-order chi connectivity index (χ0) is 20.6. The van der Waals surface area contributed by atoms with Gasteiger partial charge in [-0.05, 0) is 53.9 Å². The van der Waals surface area contributed by atoms with Crippen molar-refractivity contribution in [3.05, 3.63) is 45.3 Å². The molecule has 0 aliphatic carbocycles. The molecule has 1 saturated heterocycles. The van der Waals surface area contributed by atoms with Crippen molar-refractivity contribution < 1.29 is 27.1 Å². The second-order valence-electron chi connectivity index (χ2n) is 6.70. The summed E-state index contributed by atoms with van der Waals surface area (Å²) in [6, 6.07) is 2.32. The summed E-state index contributed by atoms with van der Waals surface area (Å²) in [6.45, 7) is 3.41. The number of esters is 1. The minimum Gasteiger partial charge on any atom is -0.463 e. The van der Waals surface area contributed by atoms with Gasteiger partial charge < -0.3 is 10.1 Å². The maximum atomic E-state index is 13.6. The first-order chi connectivity index (χ1) is 13.1. The number of allylic oxidation sites excluding steroid dienone is 1. The van der Waals surface area contributed by atoms with Gasteiger partial charge in [-0.2, -0.15) is 0 Å². The first-order valence-corrected chi connectivity index (χ1v) is 11.4. The van der Waals surface area contributed by atoms with Crippen molar-refractivity contribution in [1.82, 2.24) is 10.2 Å². The van der Waals surface area contributed by atoms with Crippen LogP contribution in [0.1, 0.15) is 31.9 Å². The second kappa shape index (κ2) is 7.82. The summed E-state index contributed by atoms with van der Waals surface area (Å²) in [5, 5.41) is 2.74. The zero-order valence-electron chi connectivity index (χ0n) is 15.4. The Labute approximate surface area is 171 Å². The van der Waals surface area contributed by atoms with Gasteiger partial charge in [-0.3, -0.25) is 4.90 Å². The third-order valence-corrected chi connectivity index (χ3v) is 7.23. The number of nitrogens with one attached hydrogen (secondary N) is 1. The first kappa shape index (κ1) is 20.8. The summed E-state index contributed by atoms with van der Waals surface area (Å²) < 4.78 is 42.7. The predicted octanol–water partition coefficient (Wildman–Crippen LogP) is 2.68. The molecule has 0 saturated carbocycles. The molecule has 1 fully saturated rings. The summed E-state index contributed by atoms with van der Waals surface area (Å²) >= 11 is 3.11. The van der Waals surface area contributed by atoms with Crippen molar-refractivity contribution in [3.8, 4) is 0 Å². The average Bonchev–Trinajstić information content (AvgIpc) is 2.96. The van der Waals surface area contributed by atoms with E-state index in [1.165, 1.54) is 23.1 Å². The Morgan fingerprint density at radius 2 is 2.14 bits per heavy atom. The van der Waals surface area contributed by atoms with E-state index >= 15 is 0 Å². The molecule has 0 aromatic heterocycles. The highest BCUT2D eigenvalue weighted by Gasteiger charge is 2.42. The van der Waals surface area contributed by atoms with Gasteiger partial charge in [0.15, 0.2) is 9.84 Å². The van der Waals surface area contributed by atoms with E-state index in [4.69, 9.17) is 4.74 Å². The van der Waals surface area contributed by atoms with Crippen LogP contribution < -0.4 is 5.32 Å². The normalized spacial score (nSPS) is 24.3. The number of sulfone groups is 1. The lowest BCUT2D eigenvalue weighted by Gasteiger charge is -2.38. The minimum atomic E-state index is -3.22. The van der Waals surface area contributed by atoms with Crippen molar-refractivity contribution in [1.29, 1.82) is 0 Å². The highest BCUT2D eigenvalue weighted by atomic mass is 79.9. The fourth-order valence-corrected chi connectivity index (χ4v) is 5.69. The van der Waals surface area contributed by atoms with E-state index in [9.17, 15) is 22.4 Å². The summed E-state index contributed by atoms with van der Waals surface area (Å²) in [7, 11) is -3.22. The van der Waals surface area contributed by atoms with Crippen LogP contribution in [-0.2, 0) is 19.4 Å². The Hall–Kier alpha value is -1.94. The smallest absolute Gasteiger partial charge is 0.338 e. The molecule has 152 valence electrons. The van der Waals surface area contributed by atoms with Crippen LogP contribution in [0.4, 0.5) is 9.18 Å². The number of carbonyl (C=O) groups is 2. The molecule has 2 amide bonds. The van der Waals surface area contributed by atoms with Gasteiger partial charge in [-0.15, -0.1) is 0 Å². The van der Waals surface area contributed by atoms with Gasteiger partial charge in [-0.1, -0.05) is 6.07 Å². The predicted molar refractivity (Wildman–Crippen MR) is 104 cm³/mol. The highest BCUT2D eigenvalue weighted by Crippen LogP contribution is 2.35. The van der Waals surface area contributed by atoms with E-state index in [0.29, 0.717) is 17.7 Å². The molecule has 2 atom stereocenters. The molecule has 7 nitrogen and oxygen atoms in total. The largest absolute Gasteiger partial charge is 0.463 e. The van der Waals surface area contributed by atoms with E-state index in [2.05, 4.69) is 21.2 Å². The fourth-order valence-electron chi connectivity index (χ4n) is 3.59. The monoisotopic (exact) mass is 474 g/mol. The number of urea groups is 1. The van der Waals surface area contributed by atoms with E-state index < -0.39 is 39.7 Å². The Kier molecular flexibility index (Phi) is 5.81. The number of ether oxygens (including phenoxy) is 1. The number of nitrogens with zero attached hydrogens (tertiary/aromatic N) is 1. The molecule has 1 N–H and O–H groups in total. The van der Waals surface area contributed by atoms with Gasteiger partial charge in [0.1, 0.15) is 5.82 Å². The van der Waals surface area contributed by atoms with Crippen LogP contribution in [0.3, 0.4) is 0 Å². The van der Waals surface area contributed by atoms with Crippen molar-refractivity contribution in [2.75, 3.05) is 18.1 Å². The van der Waals surface area contributed by atoms with Crippen LogP contribution in [-0.4, -0.2) is 49.5 Å². The minimum absolute atomic E-state index is 0.00218. The highest BCUT2D eigenvalue weighted by molar-refractivity contribution is 9.10. The van der Waals surface area contributed by atoms with Gasteiger partial charge in [0, 0.05) is 5.70 Å². The van der Waals surface area contributed by atoms with E-state index in [1.807, 2.05) is 0 Å². The first-order valence-electron chi connectivity index (χ1n) is 8.77. The SMILES string of the molecule is CCOC(=O)C1=C(C)N(C2CCS(=O)(=O)C2)C(=O)NC1c1ccc(F)c(Br)c1. The Bertz CT molecular complexity index is 963. The summed E-state index contributed by atoms with van der Waals surface area (Å²) in [5.41, 5.74) is 1.04. The van der Waals surface area contributed by atoms with Crippen LogP contribution in [0, 0.1) is 5.82 Å². The van der Waals surface area contributed by atoms with E-state index in [-0.39, 0.29) is 28.2 Å². The van der Waals surface area contributed by atoms with Gasteiger partial charge in [0.05, 0.1) is 40.2 Å². The van der Waals surface area contributed by atoms with E-state index in [0.717, 1.165) is 0 Å². The third kappa shape index (κ3) is 3.93. The molecule has 0 spiro atoms. The molecule has 1 aromatic carbocycles. The summed E-state index contributed by atoms with van der Waals surface area (Å²) in [6.07, 6.45) is 0.302. The lowest BCUT2D eigenvalue weighted by molar-refractivity contribution is -0.139. The molecule has 0 radical (unpaired) electrons. The molecule has 10 heteroatoms. The second-order valence-corrected chi connectivity index (χ2v) is 9.79. The topological polar surface area (TPSA) is 92.8 Å². The lowest BCUT2D eigenvalue weighted by Crippen LogP contribution is -2.52. The Morgan fingerprint density at radius 1 is 1.43 bits per heavy atom. The van der Waals surface area contributed by atoms with Crippen LogP contribution in [0.15, 0.2) is 33.9 Å². The molecular formula is C18H20BrFN2O5S. The van der Waals surface area contributed by atoms with Gasteiger partial charge in [0.2, 0.25) is 0 Å². The van der Waals surface area contributed by atoms with Gasteiger partial charge in [0.25, 0.3) is 0 Å². The summed E-state index contributed by atoms with van der Waals surface area (Å²) in [4.78, 5) is 26.8.